The first-order valence-corrected chi connectivity index (χ1v) is 6.50. The molecular weight excluding hydrogens is 234 g/mol. The van der Waals surface area contributed by atoms with E-state index in [0.717, 1.165) is 32.1 Å². The maximum absolute atomic E-state index is 11.5. The molecule has 0 unspecified atom stereocenters. The Balaban J connectivity index is 2.14. The zero-order valence-corrected chi connectivity index (χ0v) is 10.6. The van der Waals surface area contributed by atoms with Gasteiger partial charge in [0, 0.05) is 13.0 Å². The minimum Gasteiger partial charge on any atom is -0.481 e. The molecule has 0 aliphatic heterocycles. The van der Waals surface area contributed by atoms with Gasteiger partial charge in [0.25, 0.3) is 0 Å². The van der Waals surface area contributed by atoms with Crippen LogP contribution in [-0.4, -0.2) is 29.8 Å². The van der Waals surface area contributed by atoms with Gasteiger partial charge in [-0.25, -0.2) is 4.79 Å². The van der Waals surface area contributed by atoms with Gasteiger partial charge in [-0.2, -0.15) is 0 Å². The maximum Gasteiger partial charge on any atom is 0.407 e. The van der Waals surface area contributed by atoms with Gasteiger partial charge in [0.2, 0.25) is 0 Å². The standard InChI is InChI=1S/C13H21NO4/c15-12(16)9-6-10-14-13(17)18-11-7-4-2-1-3-5-8-11/h1-2,11H,3-10H2,(H,14,17)(H,15,16)/b2-1+/t11-/m0/s1. The lowest BCUT2D eigenvalue weighted by atomic mass is 10.0. The molecule has 18 heavy (non-hydrogen) atoms. The molecule has 0 heterocycles. The van der Waals surface area contributed by atoms with E-state index in [0.29, 0.717) is 13.0 Å². The normalized spacial score (nSPS) is 21.4. The number of allylic oxidation sites excluding steroid dienone is 2. The maximum atomic E-state index is 11.5. The van der Waals surface area contributed by atoms with Gasteiger partial charge >= 0.3 is 12.1 Å². The van der Waals surface area contributed by atoms with E-state index in [1.165, 1.54) is 0 Å². The molecule has 0 aromatic carbocycles. The fraction of sp³-hybridized carbons (Fsp3) is 0.692. The fourth-order valence-corrected chi connectivity index (χ4v) is 1.87. The summed E-state index contributed by atoms with van der Waals surface area (Å²) >= 11 is 0. The lowest BCUT2D eigenvalue weighted by Crippen LogP contribution is -2.30. The first-order chi connectivity index (χ1) is 8.68. The molecule has 1 rings (SSSR count). The van der Waals surface area contributed by atoms with Gasteiger partial charge in [-0.05, 0) is 38.5 Å². The summed E-state index contributed by atoms with van der Waals surface area (Å²) in [4.78, 5) is 21.7. The van der Waals surface area contributed by atoms with Crippen molar-refractivity contribution in [1.82, 2.24) is 5.32 Å². The zero-order valence-electron chi connectivity index (χ0n) is 10.6. The zero-order chi connectivity index (χ0) is 13.2. The highest BCUT2D eigenvalue weighted by Crippen LogP contribution is 2.15. The molecule has 0 saturated heterocycles. The van der Waals surface area contributed by atoms with Gasteiger partial charge in [0.05, 0.1) is 0 Å². The van der Waals surface area contributed by atoms with Crippen molar-refractivity contribution >= 4 is 12.1 Å². The van der Waals surface area contributed by atoms with Crippen LogP contribution in [0.2, 0.25) is 0 Å². The molecule has 102 valence electrons. The first-order valence-electron chi connectivity index (χ1n) is 6.50. The van der Waals surface area contributed by atoms with Crippen LogP contribution in [0.15, 0.2) is 12.2 Å². The highest BCUT2D eigenvalue weighted by molar-refractivity contribution is 5.68. The molecule has 0 saturated carbocycles. The van der Waals surface area contributed by atoms with Crippen molar-refractivity contribution in [3.8, 4) is 0 Å². The monoisotopic (exact) mass is 255 g/mol. The summed E-state index contributed by atoms with van der Waals surface area (Å²) in [5.74, 6) is -0.850. The van der Waals surface area contributed by atoms with Crippen LogP contribution in [0.5, 0.6) is 0 Å². The summed E-state index contributed by atoms with van der Waals surface area (Å²) < 4.78 is 5.30. The Morgan fingerprint density at radius 3 is 2.83 bits per heavy atom. The van der Waals surface area contributed by atoms with Crippen molar-refractivity contribution in [1.29, 1.82) is 0 Å². The number of hydrogen-bond acceptors (Lipinski definition) is 3. The van der Waals surface area contributed by atoms with E-state index in [-0.39, 0.29) is 12.5 Å². The summed E-state index contributed by atoms with van der Waals surface area (Å²) in [6, 6.07) is 0. The van der Waals surface area contributed by atoms with Crippen molar-refractivity contribution in [3.05, 3.63) is 12.2 Å². The Morgan fingerprint density at radius 1 is 1.28 bits per heavy atom. The lowest BCUT2D eigenvalue weighted by Gasteiger charge is -2.18. The molecule has 1 amide bonds. The van der Waals surface area contributed by atoms with Crippen LogP contribution in [0, 0.1) is 0 Å². The van der Waals surface area contributed by atoms with E-state index < -0.39 is 12.1 Å². The topological polar surface area (TPSA) is 75.6 Å². The van der Waals surface area contributed by atoms with Crippen molar-refractivity contribution < 1.29 is 19.4 Å². The molecule has 2 N–H and O–H groups in total. The van der Waals surface area contributed by atoms with Gasteiger partial charge in [0.15, 0.2) is 0 Å². The number of hydrogen-bond donors (Lipinski definition) is 2. The molecule has 1 atom stereocenters. The van der Waals surface area contributed by atoms with Gasteiger partial charge in [-0.3, -0.25) is 4.79 Å². The van der Waals surface area contributed by atoms with Crippen molar-refractivity contribution in [3.63, 3.8) is 0 Å². The lowest BCUT2D eigenvalue weighted by molar-refractivity contribution is -0.137. The number of carbonyl (C=O) groups is 2. The highest BCUT2D eigenvalue weighted by atomic mass is 16.6. The predicted octanol–water partition coefficient (Wildman–Crippen LogP) is 2.47. The number of nitrogens with one attached hydrogen (secondary N) is 1. The summed E-state index contributed by atoms with van der Waals surface area (Å²) in [6.45, 7) is 0.345. The Hall–Kier alpha value is -1.52. The fourth-order valence-electron chi connectivity index (χ4n) is 1.87. The Kier molecular flexibility index (Phi) is 6.91. The van der Waals surface area contributed by atoms with E-state index in [2.05, 4.69) is 17.5 Å². The number of carboxylic acids is 1. The quantitative estimate of drug-likeness (QED) is 0.584. The first kappa shape index (κ1) is 14.5. The molecule has 0 spiro atoms. The highest BCUT2D eigenvalue weighted by Gasteiger charge is 2.14. The number of carboxylic acid groups (broad SMARTS) is 1. The molecule has 0 aromatic heterocycles. The summed E-state index contributed by atoms with van der Waals surface area (Å²) in [6.07, 6.45) is 9.11. The molecule has 0 aromatic rings. The van der Waals surface area contributed by atoms with Gasteiger partial charge < -0.3 is 15.2 Å². The van der Waals surface area contributed by atoms with Crippen LogP contribution in [-0.2, 0) is 9.53 Å². The van der Waals surface area contributed by atoms with Crippen LogP contribution in [0.3, 0.4) is 0 Å². The van der Waals surface area contributed by atoms with E-state index >= 15 is 0 Å². The average molecular weight is 255 g/mol. The second-order valence-electron chi connectivity index (χ2n) is 4.43. The van der Waals surface area contributed by atoms with E-state index in [1.54, 1.807) is 0 Å². The number of alkyl carbamates (subject to hydrolysis) is 1. The van der Waals surface area contributed by atoms with Crippen LogP contribution in [0.4, 0.5) is 4.79 Å². The minimum atomic E-state index is -0.850. The summed E-state index contributed by atoms with van der Waals surface area (Å²) in [5, 5.41) is 11.0. The van der Waals surface area contributed by atoms with Crippen molar-refractivity contribution in [2.45, 2.75) is 51.0 Å². The Morgan fingerprint density at radius 2 is 2.06 bits per heavy atom. The van der Waals surface area contributed by atoms with Crippen molar-refractivity contribution in [2.24, 2.45) is 0 Å². The van der Waals surface area contributed by atoms with Crippen LogP contribution in [0.1, 0.15) is 44.9 Å². The molecule has 1 aliphatic rings. The van der Waals surface area contributed by atoms with Gasteiger partial charge in [0.1, 0.15) is 6.10 Å². The predicted molar refractivity (Wildman–Crippen MR) is 67.4 cm³/mol. The number of rotatable bonds is 5. The summed E-state index contributed by atoms with van der Waals surface area (Å²) in [5.41, 5.74) is 0. The third-order valence-electron chi connectivity index (χ3n) is 2.83. The minimum absolute atomic E-state index is 0.0191. The molecule has 5 nitrogen and oxygen atoms in total. The number of amides is 1. The molecule has 1 aliphatic carbocycles. The SMILES string of the molecule is O=C(O)CCCNC(=O)O[C@H]1CC/C=C/CCC1. The third-order valence-corrected chi connectivity index (χ3v) is 2.83. The second-order valence-corrected chi connectivity index (χ2v) is 4.43. The second kappa shape index (κ2) is 8.55. The number of ether oxygens (including phenoxy) is 1. The van der Waals surface area contributed by atoms with E-state index in [9.17, 15) is 9.59 Å². The van der Waals surface area contributed by atoms with Crippen LogP contribution in [0.25, 0.3) is 0 Å². The molecule has 0 radical (unpaired) electrons. The van der Waals surface area contributed by atoms with E-state index in [1.807, 2.05) is 0 Å². The van der Waals surface area contributed by atoms with Crippen LogP contribution >= 0.6 is 0 Å². The van der Waals surface area contributed by atoms with E-state index in [4.69, 9.17) is 9.84 Å². The number of carbonyl (C=O) groups excluding carboxylic acids is 1. The number of aliphatic carboxylic acids is 1. The van der Waals surface area contributed by atoms with Crippen molar-refractivity contribution in [2.75, 3.05) is 6.54 Å². The third kappa shape index (κ3) is 6.93. The molecular formula is C13H21NO4. The smallest absolute Gasteiger partial charge is 0.407 e. The Labute approximate surface area is 107 Å². The molecule has 0 bridgehead atoms. The molecule has 5 heteroatoms. The van der Waals surface area contributed by atoms with Gasteiger partial charge in [-0.1, -0.05) is 12.2 Å². The summed E-state index contributed by atoms with van der Waals surface area (Å²) in [7, 11) is 0. The Bertz CT molecular complexity index is 301. The largest absolute Gasteiger partial charge is 0.481 e. The van der Waals surface area contributed by atoms with Gasteiger partial charge in [-0.15, -0.1) is 0 Å². The average Bonchev–Trinajstić information content (AvgIpc) is 2.28. The van der Waals surface area contributed by atoms with Crippen LogP contribution < -0.4 is 5.32 Å². The molecule has 0 fully saturated rings.